The maximum atomic E-state index is 11.5. The molecule has 9 heteroatoms. The minimum absolute atomic E-state index is 0.113. The van der Waals surface area contributed by atoms with Crippen molar-refractivity contribution < 1.29 is 13.3 Å². The second-order valence-electron chi connectivity index (χ2n) is 4.43. The van der Waals surface area contributed by atoms with Crippen molar-refractivity contribution in [3.8, 4) is 0 Å². The molecule has 116 valence electrons. The monoisotopic (exact) mass is 360 g/mol. The van der Waals surface area contributed by atoms with E-state index in [1.165, 1.54) is 12.1 Å². The maximum Gasteiger partial charge on any atom is 0.293 e. The van der Waals surface area contributed by atoms with Gasteiger partial charge >= 0.3 is 0 Å². The molecule has 0 bridgehead atoms. The molecule has 0 saturated heterocycles. The van der Waals surface area contributed by atoms with Crippen molar-refractivity contribution in [2.75, 3.05) is 11.6 Å². The molecule has 2 rings (SSSR count). The highest BCUT2D eigenvalue weighted by atomic mass is 35.5. The largest absolute Gasteiger partial charge is 0.349 e. The molecule has 0 aliphatic carbocycles. The molecule has 0 unspecified atom stereocenters. The topological polar surface area (TPSA) is 89.3 Å². The SMILES string of the molecule is CS(=O)(=O)c1ccc(Nc2cccc(Cl)c2Cl)c([N+](=O)[O-])c1. The summed E-state index contributed by atoms with van der Waals surface area (Å²) < 4.78 is 23.0. The van der Waals surface area contributed by atoms with Crippen LogP contribution in [0.5, 0.6) is 0 Å². The van der Waals surface area contributed by atoms with Gasteiger partial charge < -0.3 is 5.32 Å². The van der Waals surface area contributed by atoms with Crippen molar-refractivity contribution in [1.29, 1.82) is 0 Å². The van der Waals surface area contributed by atoms with Gasteiger partial charge in [0.25, 0.3) is 5.69 Å². The minimum atomic E-state index is -3.54. The molecule has 0 radical (unpaired) electrons. The van der Waals surface area contributed by atoms with E-state index < -0.39 is 14.8 Å². The highest BCUT2D eigenvalue weighted by Crippen LogP contribution is 2.35. The van der Waals surface area contributed by atoms with E-state index in [9.17, 15) is 18.5 Å². The first-order valence-corrected chi connectivity index (χ1v) is 8.54. The van der Waals surface area contributed by atoms with E-state index in [1.54, 1.807) is 18.2 Å². The van der Waals surface area contributed by atoms with Crippen LogP contribution in [-0.2, 0) is 9.84 Å². The van der Waals surface area contributed by atoms with Gasteiger partial charge in [-0.15, -0.1) is 0 Å². The molecule has 0 fully saturated rings. The van der Waals surface area contributed by atoms with Gasteiger partial charge in [0.05, 0.1) is 25.6 Å². The summed E-state index contributed by atoms with van der Waals surface area (Å²) in [7, 11) is -3.54. The first-order chi connectivity index (χ1) is 10.2. The number of hydrogen-bond donors (Lipinski definition) is 1. The number of nitrogens with zero attached hydrogens (tertiary/aromatic N) is 1. The summed E-state index contributed by atoms with van der Waals surface area (Å²) in [6.45, 7) is 0. The van der Waals surface area contributed by atoms with Gasteiger partial charge in [-0.05, 0) is 24.3 Å². The lowest BCUT2D eigenvalue weighted by atomic mass is 10.2. The molecular formula is C13H10Cl2N2O4S. The van der Waals surface area contributed by atoms with Gasteiger partial charge in [-0.3, -0.25) is 10.1 Å². The predicted molar refractivity (Wildman–Crippen MR) is 86.0 cm³/mol. The van der Waals surface area contributed by atoms with Crippen LogP contribution in [0.15, 0.2) is 41.3 Å². The van der Waals surface area contributed by atoms with Gasteiger partial charge in [0, 0.05) is 12.3 Å². The lowest BCUT2D eigenvalue weighted by Crippen LogP contribution is -2.02. The second kappa shape index (κ2) is 6.12. The van der Waals surface area contributed by atoms with E-state index in [1.807, 2.05) is 0 Å². The Morgan fingerprint density at radius 1 is 1.14 bits per heavy atom. The molecule has 6 nitrogen and oxygen atoms in total. The fourth-order valence-corrected chi connectivity index (χ4v) is 2.73. The van der Waals surface area contributed by atoms with Crippen LogP contribution in [0.1, 0.15) is 0 Å². The fraction of sp³-hybridized carbons (Fsp3) is 0.0769. The van der Waals surface area contributed by atoms with Crippen molar-refractivity contribution in [2.24, 2.45) is 0 Å². The third-order valence-corrected chi connectivity index (χ3v) is 4.74. The van der Waals surface area contributed by atoms with Crippen molar-refractivity contribution in [2.45, 2.75) is 4.90 Å². The van der Waals surface area contributed by atoms with E-state index in [0.29, 0.717) is 10.7 Å². The van der Waals surface area contributed by atoms with Gasteiger partial charge in [-0.1, -0.05) is 29.3 Å². The Hall–Kier alpha value is -1.83. The van der Waals surface area contributed by atoms with Crippen molar-refractivity contribution >= 4 is 50.1 Å². The highest BCUT2D eigenvalue weighted by molar-refractivity contribution is 7.90. The van der Waals surface area contributed by atoms with E-state index in [0.717, 1.165) is 12.3 Å². The standard InChI is InChI=1S/C13H10Cl2N2O4S/c1-22(20,21)8-5-6-10(12(7-8)17(18)19)16-11-4-2-3-9(14)13(11)15/h2-7,16H,1H3. The number of nitro groups is 1. The Morgan fingerprint density at radius 3 is 2.41 bits per heavy atom. The number of sulfone groups is 1. The third-order valence-electron chi connectivity index (χ3n) is 2.81. The van der Waals surface area contributed by atoms with Crippen molar-refractivity contribution in [1.82, 2.24) is 0 Å². The number of nitrogens with one attached hydrogen (secondary N) is 1. The molecule has 0 spiro atoms. The molecule has 0 saturated carbocycles. The Morgan fingerprint density at radius 2 is 1.82 bits per heavy atom. The van der Waals surface area contributed by atoms with Crippen LogP contribution in [-0.4, -0.2) is 19.6 Å². The Labute approximate surface area is 136 Å². The molecular weight excluding hydrogens is 351 g/mol. The minimum Gasteiger partial charge on any atom is -0.349 e. The van der Waals surface area contributed by atoms with Gasteiger partial charge in [0.1, 0.15) is 5.69 Å². The molecule has 0 atom stereocenters. The number of hydrogen-bond acceptors (Lipinski definition) is 5. The molecule has 0 aliphatic heterocycles. The Balaban J connectivity index is 2.52. The van der Waals surface area contributed by atoms with Crippen LogP contribution in [0.3, 0.4) is 0 Å². The normalized spacial score (nSPS) is 11.2. The summed E-state index contributed by atoms with van der Waals surface area (Å²) in [6.07, 6.45) is 0.979. The summed E-state index contributed by atoms with van der Waals surface area (Å²) in [6, 6.07) is 8.40. The summed E-state index contributed by atoms with van der Waals surface area (Å²) in [5.41, 5.74) is 0.116. The summed E-state index contributed by atoms with van der Waals surface area (Å²) in [5.74, 6) is 0. The molecule has 0 heterocycles. The first kappa shape index (κ1) is 16.5. The molecule has 1 N–H and O–H groups in total. The van der Waals surface area contributed by atoms with Crippen LogP contribution in [0, 0.1) is 10.1 Å². The molecule has 2 aromatic carbocycles. The van der Waals surface area contributed by atoms with Crippen LogP contribution in [0.2, 0.25) is 10.0 Å². The molecule has 22 heavy (non-hydrogen) atoms. The Bertz CT molecular complexity index is 853. The van der Waals surface area contributed by atoms with Crippen LogP contribution in [0.25, 0.3) is 0 Å². The zero-order chi connectivity index (χ0) is 16.5. The Kier molecular flexibility index (Phi) is 4.60. The number of rotatable bonds is 4. The smallest absolute Gasteiger partial charge is 0.293 e. The maximum absolute atomic E-state index is 11.5. The summed E-state index contributed by atoms with van der Waals surface area (Å²) in [5, 5.41) is 14.5. The highest BCUT2D eigenvalue weighted by Gasteiger charge is 2.19. The van der Waals surface area contributed by atoms with Crippen LogP contribution in [0.4, 0.5) is 17.1 Å². The van der Waals surface area contributed by atoms with Crippen molar-refractivity contribution in [3.63, 3.8) is 0 Å². The van der Waals surface area contributed by atoms with Gasteiger partial charge in [0.15, 0.2) is 9.84 Å². The number of nitro benzene ring substituents is 1. The first-order valence-electron chi connectivity index (χ1n) is 5.89. The molecule has 0 aliphatic rings. The van der Waals surface area contributed by atoms with E-state index in [4.69, 9.17) is 23.2 Å². The number of halogens is 2. The van der Waals surface area contributed by atoms with Gasteiger partial charge in [-0.2, -0.15) is 0 Å². The summed E-state index contributed by atoms with van der Waals surface area (Å²) in [4.78, 5) is 10.3. The van der Waals surface area contributed by atoms with Gasteiger partial charge in [0.2, 0.25) is 0 Å². The van der Waals surface area contributed by atoms with E-state index in [-0.39, 0.29) is 21.3 Å². The zero-order valence-corrected chi connectivity index (χ0v) is 13.5. The second-order valence-corrected chi connectivity index (χ2v) is 7.24. The number of benzene rings is 2. The third kappa shape index (κ3) is 3.49. The lowest BCUT2D eigenvalue weighted by molar-refractivity contribution is -0.384. The quantitative estimate of drug-likeness (QED) is 0.656. The van der Waals surface area contributed by atoms with E-state index >= 15 is 0 Å². The predicted octanol–water partition coefficient (Wildman–Crippen LogP) is 4.05. The average molecular weight is 361 g/mol. The van der Waals surface area contributed by atoms with E-state index in [2.05, 4.69) is 5.32 Å². The van der Waals surface area contributed by atoms with Crippen LogP contribution < -0.4 is 5.32 Å². The fourth-order valence-electron chi connectivity index (χ4n) is 1.74. The molecule has 2 aromatic rings. The average Bonchev–Trinajstić information content (AvgIpc) is 2.43. The molecule has 0 aromatic heterocycles. The lowest BCUT2D eigenvalue weighted by Gasteiger charge is -2.10. The summed E-state index contributed by atoms with van der Waals surface area (Å²) >= 11 is 11.9. The number of anilines is 2. The molecule has 0 amide bonds. The van der Waals surface area contributed by atoms with Gasteiger partial charge in [-0.25, -0.2) is 8.42 Å². The van der Waals surface area contributed by atoms with Crippen LogP contribution >= 0.6 is 23.2 Å². The van der Waals surface area contributed by atoms with Crippen molar-refractivity contribution in [3.05, 3.63) is 56.6 Å². The zero-order valence-electron chi connectivity index (χ0n) is 11.2.